The Morgan fingerprint density at radius 1 is 1.25 bits per heavy atom. The number of rotatable bonds is 9. The van der Waals surface area contributed by atoms with Gasteiger partial charge < -0.3 is 13.9 Å². The van der Waals surface area contributed by atoms with E-state index < -0.39 is 26.4 Å². The highest BCUT2D eigenvalue weighted by Gasteiger charge is 2.26. The third-order valence-electron chi connectivity index (χ3n) is 2.66. The maximum absolute atomic E-state index is 11.4. The molecule has 6 heteroatoms. The number of hydrogen-bond acceptors (Lipinski definition) is 5. The van der Waals surface area contributed by atoms with Crippen molar-refractivity contribution in [3.05, 3.63) is 24.8 Å². The highest BCUT2D eigenvalue weighted by molar-refractivity contribution is 6.71. The zero-order valence-electron chi connectivity index (χ0n) is 12.7. The summed E-state index contributed by atoms with van der Waals surface area (Å²) in [6.45, 7) is 14.6. The minimum absolute atomic E-state index is 0.0325. The first-order valence-corrected chi connectivity index (χ1v) is 9.63. The van der Waals surface area contributed by atoms with Crippen LogP contribution in [0.2, 0.25) is 19.1 Å². The van der Waals surface area contributed by atoms with Crippen molar-refractivity contribution in [1.29, 1.82) is 0 Å². The summed E-state index contributed by atoms with van der Waals surface area (Å²) in [6.07, 6.45) is 0.614. The molecule has 0 spiro atoms. The smallest absolute Gasteiger partial charge is 0.333 e. The summed E-state index contributed by atoms with van der Waals surface area (Å²) in [5.74, 6) is -1.01. The second-order valence-electron chi connectivity index (χ2n) is 5.07. The van der Waals surface area contributed by atoms with Crippen LogP contribution in [0, 0.1) is 0 Å². The van der Waals surface area contributed by atoms with Gasteiger partial charge in [0.1, 0.15) is 19.3 Å². The van der Waals surface area contributed by atoms with Crippen molar-refractivity contribution in [2.24, 2.45) is 0 Å². The fourth-order valence-corrected chi connectivity index (χ4v) is 2.38. The minimum atomic E-state index is -1.85. The number of hydrogen-bond donors (Lipinski definition) is 0. The van der Waals surface area contributed by atoms with Crippen LogP contribution in [0.5, 0.6) is 0 Å². The van der Waals surface area contributed by atoms with Crippen molar-refractivity contribution in [2.45, 2.75) is 39.1 Å². The van der Waals surface area contributed by atoms with Crippen molar-refractivity contribution in [1.82, 2.24) is 0 Å². The molecule has 20 heavy (non-hydrogen) atoms. The molecular formula is C14H24O5Si. The second kappa shape index (κ2) is 8.71. The van der Waals surface area contributed by atoms with Gasteiger partial charge in [-0.2, -0.15) is 0 Å². The third kappa shape index (κ3) is 7.91. The first kappa shape index (κ1) is 18.6. The van der Waals surface area contributed by atoms with Crippen molar-refractivity contribution in [3.63, 3.8) is 0 Å². The minimum Gasteiger partial charge on any atom is -0.460 e. The molecule has 0 radical (unpaired) electrons. The van der Waals surface area contributed by atoms with Gasteiger partial charge in [0.05, 0.1) is 0 Å². The van der Waals surface area contributed by atoms with E-state index in [4.69, 9.17) is 13.9 Å². The first-order valence-electron chi connectivity index (χ1n) is 6.51. The standard InChI is InChI=1S/C14H24O5Si/c1-7-13(15)17-9-12(19-20(5,6)8-2)10-18-14(16)11(3)4/h7,12H,1,3,8-10H2,2,4-6H3. The van der Waals surface area contributed by atoms with Crippen LogP contribution in [0.3, 0.4) is 0 Å². The van der Waals surface area contributed by atoms with Gasteiger partial charge in [0.2, 0.25) is 0 Å². The van der Waals surface area contributed by atoms with E-state index >= 15 is 0 Å². The molecule has 0 aliphatic heterocycles. The van der Waals surface area contributed by atoms with Gasteiger partial charge in [-0.25, -0.2) is 9.59 Å². The number of carbonyl (C=O) groups excluding carboxylic acids is 2. The van der Waals surface area contributed by atoms with Crippen molar-refractivity contribution >= 4 is 20.3 Å². The fraction of sp³-hybridized carbons (Fsp3) is 0.571. The van der Waals surface area contributed by atoms with E-state index in [0.717, 1.165) is 12.1 Å². The number of carbonyl (C=O) groups is 2. The van der Waals surface area contributed by atoms with E-state index in [2.05, 4.69) is 26.3 Å². The summed E-state index contributed by atoms with van der Waals surface area (Å²) in [5, 5.41) is 0. The average molecular weight is 300 g/mol. The Morgan fingerprint density at radius 2 is 1.80 bits per heavy atom. The molecule has 0 saturated carbocycles. The summed E-state index contributed by atoms with van der Waals surface area (Å²) < 4.78 is 16.0. The Hall–Kier alpha value is -1.40. The van der Waals surface area contributed by atoms with Crippen LogP contribution in [0.15, 0.2) is 24.8 Å². The lowest BCUT2D eigenvalue weighted by Gasteiger charge is -2.27. The van der Waals surface area contributed by atoms with Gasteiger partial charge in [-0.15, -0.1) is 0 Å². The molecule has 5 nitrogen and oxygen atoms in total. The molecule has 114 valence electrons. The Morgan fingerprint density at radius 3 is 2.25 bits per heavy atom. The van der Waals surface area contributed by atoms with Crippen molar-refractivity contribution in [2.75, 3.05) is 13.2 Å². The summed E-state index contributed by atoms with van der Waals surface area (Å²) in [7, 11) is -1.85. The molecule has 0 bridgehead atoms. The SMILES string of the molecule is C=CC(=O)OCC(COC(=O)C(=C)C)O[Si](C)(C)CC. The van der Waals surface area contributed by atoms with Crippen LogP contribution in [0.1, 0.15) is 13.8 Å². The van der Waals surface area contributed by atoms with E-state index in [0.29, 0.717) is 5.57 Å². The van der Waals surface area contributed by atoms with Crippen LogP contribution in [-0.2, 0) is 23.5 Å². The lowest BCUT2D eigenvalue weighted by molar-refractivity contribution is -0.146. The van der Waals surface area contributed by atoms with E-state index in [9.17, 15) is 9.59 Å². The maximum atomic E-state index is 11.4. The first-order chi connectivity index (χ1) is 9.21. The molecule has 0 rings (SSSR count). The number of esters is 2. The molecule has 0 amide bonds. The molecule has 0 aromatic heterocycles. The number of ether oxygens (including phenoxy) is 2. The molecular weight excluding hydrogens is 276 g/mol. The van der Waals surface area contributed by atoms with Gasteiger partial charge in [0.25, 0.3) is 0 Å². The Balaban J connectivity index is 4.53. The Bertz CT molecular complexity index is 376. The Kier molecular flexibility index (Phi) is 8.09. The van der Waals surface area contributed by atoms with Gasteiger partial charge in [0.15, 0.2) is 8.32 Å². The van der Waals surface area contributed by atoms with Crippen LogP contribution >= 0.6 is 0 Å². The van der Waals surface area contributed by atoms with Gasteiger partial charge in [-0.1, -0.05) is 20.1 Å². The van der Waals surface area contributed by atoms with Gasteiger partial charge >= 0.3 is 11.9 Å². The normalized spacial score (nSPS) is 12.4. The van der Waals surface area contributed by atoms with Gasteiger partial charge in [-0.05, 0) is 26.1 Å². The summed E-state index contributed by atoms with van der Waals surface area (Å²) >= 11 is 0. The lowest BCUT2D eigenvalue weighted by atomic mass is 10.3. The molecule has 0 aliphatic carbocycles. The highest BCUT2D eigenvalue weighted by atomic mass is 28.4. The maximum Gasteiger partial charge on any atom is 0.333 e. The van der Waals surface area contributed by atoms with Crippen LogP contribution < -0.4 is 0 Å². The van der Waals surface area contributed by atoms with Crippen LogP contribution in [0.4, 0.5) is 0 Å². The molecule has 0 heterocycles. The van der Waals surface area contributed by atoms with E-state index in [1.165, 1.54) is 0 Å². The van der Waals surface area contributed by atoms with Crippen molar-refractivity contribution < 1.29 is 23.5 Å². The molecule has 0 aromatic carbocycles. The van der Waals surface area contributed by atoms with E-state index in [1.54, 1.807) is 6.92 Å². The largest absolute Gasteiger partial charge is 0.460 e. The summed E-state index contributed by atoms with van der Waals surface area (Å²) in [5.41, 5.74) is 0.318. The van der Waals surface area contributed by atoms with Gasteiger partial charge in [-0.3, -0.25) is 0 Å². The fourth-order valence-electron chi connectivity index (χ4n) is 1.18. The summed E-state index contributed by atoms with van der Waals surface area (Å²) in [4.78, 5) is 22.5. The molecule has 0 fully saturated rings. The molecule has 0 N–H and O–H groups in total. The van der Waals surface area contributed by atoms with Crippen molar-refractivity contribution in [3.8, 4) is 0 Å². The van der Waals surface area contributed by atoms with Gasteiger partial charge in [0, 0.05) is 11.6 Å². The molecule has 0 aromatic rings. The molecule has 0 aliphatic rings. The monoisotopic (exact) mass is 300 g/mol. The zero-order chi connectivity index (χ0) is 15.8. The second-order valence-corrected chi connectivity index (χ2v) is 9.53. The molecule has 1 atom stereocenters. The zero-order valence-corrected chi connectivity index (χ0v) is 13.7. The predicted octanol–water partition coefficient (Wildman–Crippen LogP) is 2.45. The highest BCUT2D eigenvalue weighted by Crippen LogP contribution is 2.14. The topological polar surface area (TPSA) is 61.8 Å². The van der Waals surface area contributed by atoms with Crippen LogP contribution in [-0.4, -0.2) is 39.6 Å². The quantitative estimate of drug-likeness (QED) is 0.372. The predicted molar refractivity (Wildman–Crippen MR) is 79.8 cm³/mol. The lowest BCUT2D eigenvalue weighted by Crippen LogP contribution is -2.40. The van der Waals surface area contributed by atoms with Crippen LogP contribution in [0.25, 0.3) is 0 Å². The third-order valence-corrected chi connectivity index (χ3v) is 5.34. The average Bonchev–Trinajstić information content (AvgIpc) is 2.40. The molecule has 1 unspecified atom stereocenters. The van der Waals surface area contributed by atoms with E-state index in [-0.39, 0.29) is 13.2 Å². The molecule has 0 saturated heterocycles. The summed E-state index contributed by atoms with van der Waals surface area (Å²) in [6, 6.07) is 0.910. The Labute approximate surface area is 121 Å². The van der Waals surface area contributed by atoms with E-state index in [1.807, 2.05) is 6.92 Å².